The van der Waals surface area contributed by atoms with Gasteiger partial charge in [-0.3, -0.25) is 0 Å². The van der Waals surface area contributed by atoms with E-state index < -0.39 is 0 Å². The van der Waals surface area contributed by atoms with E-state index in [9.17, 15) is 4.39 Å². The van der Waals surface area contributed by atoms with Crippen LogP contribution in [0.5, 0.6) is 11.5 Å². The van der Waals surface area contributed by atoms with Gasteiger partial charge in [-0.25, -0.2) is 4.39 Å². The van der Waals surface area contributed by atoms with Crippen LogP contribution in [0.15, 0.2) is 36.4 Å². The maximum atomic E-state index is 14.4. The molecular weight excluding hydrogens is 311 g/mol. The Kier molecular flexibility index (Phi) is 7.03. The Hall–Kier alpha value is -2.11. The first-order valence-corrected chi connectivity index (χ1v) is 8.09. The van der Waals surface area contributed by atoms with Crippen molar-refractivity contribution in [2.45, 2.75) is 19.8 Å². The topological polar surface area (TPSA) is 58.9 Å². The third-order valence-electron chi connectivity index (χ3n) is 3.52. The minimum Gasteiger partial charge on any atom is -0.487 e. The van der Waals surface area contributed by atoms with Crippen LogP contribution in [0, 0.1) is 5.82 Å². The van der Waals surface area contributed by atoms with E-state index in [0.717, 1.165) is 18.4 Å². The summed E-state index contributed by atoms with van der Waals surface area (Å²) in [5.41, 5.74) is 2.12. The highest BCUT2D eigenvalue weighted by Gasteiger charge is 2.11. The molecule has 2 N–H and O–H groups in total. The van der Waals surface area contributed by atoms with Crippen molar-refractivity contribution < 1.29 is 24.1 Å². The predicted octanol–water partition coefficient (Wildman–Crippen LogP) is 3.19. The highest BCUT2D eigenvalue weighted by molar-refractivity contribution is 5.68. The van der Waals surface area contributed by atoms with Crippen molar-refractivity contribution in [1.82, 2.24) is 0 Å². The van der Waals surface area contributed by atoms with E-state index in [0.29, 0.717) is 22.6 Å². The van der Waals surface area contributed by atoms with Crippen LogP contribution in [0.2, 0.25) is 0 Å². The molecule has 2 aromatic carbocycles. The lowest BCUT2D eigenvalue weighted by Gasteiger charge is -2.14. The molecule has 0 saturated heterocycles. The number of aliphatic hydroxyl groups is 2. The van der Waals surface area contributed by atoms with Gasteiger partial charge in [-0.1, -0.05) is 31.5 Å². The lowest BCUT2D eigenvalue weighted by Crippen LogP contribution is -2.06. The Morgan fingerprint density at radius 2 is 1.62 bits per heavy atom. The van der Waals surface area contributed by atoms with Crippen molar-refractivity contribution in [2.75, 3.05) is 26.4 Å². The standard InChI is InChI=1S/C19H23FO4/c1-2-3-14-4-6-16(17(20)12-14)15-5-7-18(23-10-8-21)19(13-15)24-11-9-22/h4-7,12-13,21-22H,2-3,8-11H2,1H3. The van der Waals surface area contributed by atoms with E-state index in [1.807, 2.05) is 6.07 Å². The maximum absolute atomic E-state index is 14.4. The van der Waals surface area contributed by atoms with E-state index in [1.165, 1.54) is 0 Å². The number of hydrogen-bond acceptors (Lipinski definition) is 4. The first-order valence-electron chi connectivity index (χ1n) is 8.09. The molecule has 0 spiro atoms. The summed E-state index contributed by atoms with van der Waals surface area (Å²) in [5, 5.41) is 17.8. The Balaban J connectivity index is 2.32. The van der Waals surface area contributed by atoms with Crippen molar-refractivity contribution in [1.29, 1.82) is 0 Å². The van der Waals surface area contributed by atoms with Crippen LogP contribution in [-0.2, 0) is 6.42 Å². The minimum atomic E-state index is -0.280. The molecule has 0 heterocycles. The van der Waals surface area contributed by atoms with Gasteiger partial charge in [0.15, 0.2) is 11.5 Å². The molecule has 0 radical (unpaired) electrons. The second-order valence-electron chi connectivity index (χ2n) is 5.37. The van der Waals surface area contributed by atoms with Crippen LogP contribution < -0.4 is 9.47 Å². The fourth-order valence-corrected chi connectivity index (χ4v) is 2.46. The molecule has 0 saturated carbocycles. The van der Waals surface area contributed by atoms with Crippen molar-refractivity contribution in [2.24, 2.45) is 0 Å². The van der Waals surface area contributed by atoms with Gasteiger partial charge >= 0.3 is 0 Å². The van der Waals surface area contributed by atoms with Gasteiger partial charge in [-0.15, -0.1) is 0 Å². The summed E-state index contributed by atoms with van der Waals surface area (Å²) in [5.74, 6) is 0.578. The van der Waals surface area contributed by atoms with E-state index in [2.05, 4.69) is 6.92 Å². The van der Waals surface area contributed by atoms with Crippen LogP contribution in [0.4, 0.5) is 4.39 Å². The Morgan fingerprint density at radius 1 is 0.917 bits per heavy atom. The summed E-state index contributed by atoms with van der Waals surface area (Å²) < 4.78 is 25.3. The third-order valence-corrected chi connectivity index (χ3v) is 3.52. The smallest absolute Gasteiger partial charge is 0.161 e. The lowest BCUT2D eigenvalue weighted by atomic mass is 10.0. The zero-order valence-electron chi connectivity index (χ0n) is 13.8. The predicted molar refractivity (Wildman–Crippen MR) is 91.0 cm³/mol. The van der Waals surface area contributed by atoms with Gasteiger partial charge in [0.25, 0.3) is 0 Å². The van der Waals surface area contributed by atoms with Crippen molar-refractivity contribution in [3.63, 3.8) is 0 Å². The number of hydrogen-bond donors (Lipinski definition) is 2. The van der Waals surface area contributed by atoms with Crippen LogP contribution >= 0.6 is 0 Å². The molecule has 0 aromatic heterocycles. The van der Waals surface area contributed by atoms with E-state index in [4.69, 9.17) is 19.7 Å². The molecule has 2 aromatic rings. The van der Waals surface area contributed by atoms with Gasteiger partial charge in [0, 0.05) is 5.56 Å². The fourth-order valence-electron chi connectivity index (χ4n) is 2.46. The van der Waals surface area contributed by atoms with Gasteiger partial charge in [0.1, 0.15) is 19.0 Å². The van der Waals surface area contributed by atoms with Gasteiger partial charge in [0.05, 0.1) is 13.2 Å². The lowest BCUT2D eigenvalue weighted by molar-refractivity contribution is 0.178. The SMILES string of the molecule is CCCc1ccc(-c2ccc(OCCO)c(OCCO)c2)c(F)c1. The number of ether oxygens (including phenoxy) is 2. The van der Waals surface area contributed by atoms with E-state index in [1.54, 1.807) is 30.3 Å². The highest BCUT2D eigenvalue weighted by Crippen LogP contribution is 2.34. The molecular formula is C19H23FO4. The molecule has 2 rings (SSSR count). The number of benzene rings is 2. The average molecular weight is 334 g/mol. The van der Waals surface area contributed by atoms with Crippen LogP contribution in [0.3, 0.4) is 0 Å². The minimum absolute atomic E-state index is 0.108. The van der Waals surface area contributed by atoms with Crippen molar-refractivity contribution in [3.8, 4) is 22.6 Å². The van der Waals surface area contributed by atoms with Crippen LogP contribution in [0.25, 0.3) is 11.1 Å². The molecule has 0 aliphatic rings. The normalized spacial score (nSPS) is 10.7. The van der Waals surface area contributed by atoms with Crippen molar-refractivity contribution in [3.05, 3.63) is 47.8 Å². The molecule has 130 valence electrons. The van der Waals surface area contributed by atoms with Crippen LogP contribution in [0.1, 0.15) is 18.9 Å². The van der Waals surface area contributed by atoms with Gasteiger partial charge in [-0.05, 0) is 35.7 Å². The second kappa shape index (κ2) is 9.25. The third kappa shape index (κ3) is 4.69. The van der Waals surface area contributed by atoms with Gasteiger partial charge in [-0.2, -0.15) is 0 Å². The molecule has 5 heteroatoms. The monoisotopic (exact) mass is 334 g/mol. The molecule has 0 amide bonds. The first-order chi connectivity index (χ1) is 11.7. The second-order valence-corrected chi connectivity index (χ2v) is 5.37. The summed E-state index contributed by atoms with van der Waals surface area (Å²) in [6.07, 6.45) is 1.81. The number of aliphatic hydroxyl groups excluding tert-OH is 2. The first kappa shape index (κ1) is 18.2. The van der Waals surface area contributed by atoms with Crippen LogP contribution in [-0.4, -0.2) is 36.6 Å². The maximum Gasteiger partial charge on any atom is 0.161 e. The number of rotatable bonds is 9. The Morgan fingerprint density at radius 3 is 2.25 bits per heavy atom. The number of halogens is 1. The quantitative estimate of drug-likeness (QED) is 0.739. The molecule has 0 aliphatic heterocycles. The molecule has 24 heavy (non-hydrogen) atoms. The largest absolute Gasteiger partial charge is 0.487 e. The molecule has 0 unspecified atom stereocenters. The summed E-state index contributed by atoms with van der Waals surface area (Å²) in [6, 6.07) is 10.4. The Bertz CT molecular complexity index is 658. The average Bonchev–Trinajstić information content (AvgIpc) is 2.59. The molecule has 0 bridgehead atoms. The van der Waals surface area contributed by atoms with Crippen molar-refractivity contribution >= 4 is 0 Å². The highest BCUT2D eigenvalue weighted by atomic mass is 19.1. The summed E-state index contributed by atoms with van der Waals surface area (Å²) in [4.78, 5) is 0. The molecule has 4 nitrogen and oxygen atoms in total. The summed E-state index contributed by atoms with van der Waals surface area (Å²) in [6.45, 7) is 2.05. The van der Waals surface area contributed by atoms with E-state index in [-0.39, 0.29) is 32.2 Å². The molecule has 0 aliphatic carbocycles. The van der Waals surface area contributed by atoms with Gasteiger partial charge < -0.3 is 19.7 Å². The molecule has 0 atom stereocenters. The Labute approximate surface area is 141 Å². The number of aryl methyl sites for hydroxylation is 1. The van der Waals surface area contributed by atoms with E-state index >= 15 is 0 Å². The zero-order valence-corrected chi connectivity index (χ0v) is 13.8. The fraction of sp³-hybridized carbons (Fsp3) is 0.368. The zero-order chi connectivity index (χ0) is 17.4. The summed E-state index contributed by atoms with van der Waals surface area (Å²) >= 11 is 0. The summed E-state index contributed by atoms with van der Waals surface area (Å²) in [7, 11) is 0. The molecule has 0 fully saturated rings. The van der Waals surface area contributed by atoms with Gasteiger partial charge in [0.2, 0.25) is 0 Å².